The molecule has 40 heavy (non-hydrogen) atoms. The van der Waals surface area contributed by atoms with Crippen molar-refractivity contribution in [3.05, 3.63) is 112 Å². The van der Waals surface area contributed by atoms with E-state index in [1.54, 1.807) is 42.6 Å². The molecular formula is C30H23F2N3O5. The fraction of sp³-hybridized carbons (Fsp3) is 0.133. The van der Waals surface area contributed by atoms with E-state index in [2.05, 4.69) is 9.97 Å². The van der Waals surface area contributed by atoms with Gasteiger partial charge in [0.05, 0.1) is 25.3 Å². The minimum Gasteiger partial charge on any atom is -0.491 e. The Morgan fingerprint density at radius 1 is 0.950 bits per heavy atom. The van der Waals surface area contributed by atoms with Crippen molar-refractivity contribution >= 4 is 16.8 Å². The number of hydrogen-bond acceptors (Lipinski definition) is 7. The number of carbonyl (C=O) groups excluding carboxylic acids is 1. The van der Waals surface area contributed by atoms with E-state index in [9.17, 15) is 18.4 Å². The number of nitrogens with zero attached hydrogens (tertiary/aromatic N) is 3. The lowest BCUT2D eigenvalue weighted by Crippen LogP contribution is -2.28. The summed E-state index contributed by atoms with van der Waals surface area (Å²) in [6, 6.07) is 15.1. The van der Waals surface area contributed by atoms with Crippen LogP contribution in [-0.4, -0.2) is 34.5 Å². The number of fused-ring (bicyclic) bond motifs is 1. The Bertz CT molecular complexity index is 1790. The van der Waals surface area contributed by atoms with Crippen LogP contribution in [0.2, 0.25) is 0 Å². The number of aromatic nitrogens is 3. The Balaban J connectivity index is 1.39. The highest BCUT2D eigenvalue weighted by Gasteiger charge is 2.21. The smallest absolute Gasteiger partial charge is 0.266 e. The van der Waals surface area contributed by atoms with Gasteiger partial charge in [0.25, 0.3) is 11.4 Å². The van der Waals surface area contributed by atoms with Gasteiger partial charge < -0.3 is 14.2 Å². The maximum atomic E-state index is 14.7. The second-order valence-corrected chi connectivity index (χ2v) is 8.85. The summed E-state index contributed by atoms with van der Waals surface area (Å²) in [4.78, 5) is 35.1. The van der Waals surface area contributed by atoms with Crippen LogP contribution < -0.4 is 19.8 Å². The molecule has 0 N–H and O–H groups in total. The molecule has 3 heterocycles. The van der Waals surface area contributed by atoms with Crippen LogP contribution in [0, 0.1) is 18.6 Å². The van der Waals surface area contributed by atoms with E-state index in [-0.39, 0.29) is 29.1 Å². The van der Waals surface area contributed by atoms with Crippen molar-refractivity contribution < 1.29 is 27.8 Å². The fourth-order valence-corrected chi connectivity index (χ4v) is 4.25. The van der Waals surface area contributed by atoms with Crippen LogP contribution in [-0.2, 0) is 6.42 Å². The number of ether oxygens (including phenoxy) is 3. The lowest BCUT2D eigenvalue weighted by molar-refractivity contribution is 0.0990. The van der Waals surface area contributed by atoms with Crippen LogP contribution >= 0.6 is 0 Å². The van der Waals surface area contributed by atoms with Crippen LogP contribution in [0.15, 0.2) is 77.9 Å². The molecule has 0 aliphatic carbocycles. The van der Waals surface area contributed by atoms with Gasteiger partial charge in [-0.3, -0.25) is 19.1 Å². The predicted molar refractivity (Wildman–Crippen MR) is 144 cm³/mol. The summed E-state index contributed by atoms with van der Waals surface area (Å²) < 4.78 is 45.6. The Labute approximate surface area is 227 Å². The molecule has 10 heteroatoms. The molecule has 3 aromatic heterocycles. The summed E-state index contributed by atoms with van der Waals surface area (Å²) in [5.41, 5.74) is 0.876. The van der Waals surface area contributed by atoms with Crippen molar-refractivity contribution in [2.24, 2.45) is 0 Å². The maximum absolute atomic E-state index is 14.7. The van der Waals surface area contributed by atoms with E-state index >= 15 is 0 Å². The lowest BCUT2D eigenvalue weighted by Gasteiger charge is -2.12. The Morgan fingerprint density at radius 3 is 2.35 bits per heavy atom. The van der Waals surface area contributed by atoms with Gasteiger partial charge in [-0.2, -0.15) is 0 Å². The normalized spacial score (nSPS) is 10.9. The summed E-state index contributed by atoms with van der Waals surface area (Å²) in [5.74, 6) is -0.131. The second kappa shape index (κ2) is 10.9. The van der Waals surface area contributed by atoms with Gasteiger partial charge in [0.1, 0.15) is 22.9 Å². The number of halogens is 2. The quantitative estimate of drug-likeness (QED) is 0.235. The molecule has 2 aromatic carbocycles. The van der Waals surface area contributed by atoms with E-state index in [4.69, 9.17) is 14.2 Å². The minimum absolute atomic E-state index is 0.0440. The van der Waals surface area contributed by atoms with Crippen LogP contribution in [0.5, 0.6) is 23.1 Å². The first-order valence-electron chi connectivity index (χ1n) is 12.1. The minimum atomic E-state index is -0.719. The van der Waals surface area contributed by atoms with E-state index < -0.39 is 23.0 Å². The van der Waals surface area contributed by atoms with Crippen LogP contribution in [0.4, 0.5) is 8.78 Å². The molecule has 8 nitrogen and oxygen atoms in total. The zero-order valence-corrected chi connectivity index (χ0v) is 21.8. The monoisotopic (exact) mass is 543 g/mol. The first-order valence-corrected chi connectivity index (χ1v) is 12.1. The summed E-state index contributed by atoms with van der Waals surface area (Å²) in [6.45, 7) is 1.38. The Kier molecular flexibility index (Phi) is 7.24. The van der Waals surface area contributed by atoms with Crippen molar-refractivity contribution in [3.63, 3.8) is 0 Å². The SMILES string of the molecule is COc1cc2nccc(Oc3ccc(CC(=O)c4c(C)c(F)cn(-c5ccc(F)cc5)c4=O)cc3)c2nc1OC. The summed E-state index contributed by atoms with van der Waals surface area (Å²) >= 11 is 0. The van der Waals surface area contributed by atoms with Crippen molar-refractivity contribution in [2.75, 3.05) is 14.2 Å². The molecule has 0 amide bonds. The van der Waals surface area contributed by atoms with E-state index in [1.165, 1.54) is 33.3 Å². The number of carbonyl (C=O) groups is 1. The van der Waals surface area contributed by atoms with Crippen LogP contribution in [0.3, 0.4) is 0 Å². The van der Waals surface area contributed by atoms with Gasteiger partial charge in [-0.05, 0) is 48.9 Å². The molecular weight excluding hydrogens is 520 g/mol. The molecule has 0 saturated heterocycles. The fourth-order valence-electron chi connectivity index (χ4n) is 4.25. The first kappa shape index (κ1) is 26.5. The third-order valence-corrected chi connectivity index (χ3v) is 6.33. The van der Waals surface area contributed by atoms with Crippen molar-refractivity contribution in [2.45, 2.75) is 13.3 Å². The highest BCUT2D eigenvalue weighted by Crippen LogP contribution is 2.34. The second-order valence-electron chi connectivity index (χ2n) is 8.85. The third-order valence-electron chi connectivity index (χ3n) is 6.33. The van der Waals surface area contributed by atoms with E-state index in [0.29, 0.717) is 33.8 Å². The zero-order chi connectivity index (χ0) is 28.4. The van der Waals surface area contributed by atoms with E-state index in [0.717, 1.165) is 22.9 Å². The largest absolute Gasteiger partial charge is 0.491 e. The highest BCUT2D eigenvalue weighted by atomic mass is 19.1. The van der Waals surface area contributed by atoms with Gasteiger partial charge in [-0.15, -0.1) is 0 Å². The molecule has 0 spiro atoms. The Morgan fingerprint density at radius 2 is 1.68 bits per heavy atom. The molecule has 0 unspecified atom stereocenters. The van der Waals surface area contributed by atoms with Crippen LogP contribution in [0.25, 0.3) is 16.7 Å². The molecule has 202 valence electrons. The average Bonchev–Trinajstić information content (AvgIpc) is 2.96. The molecule has 0 fully saturated rings. The Hall–Kier alpha value is -5.12. The van der Waals surface area contributed by atoms with Crippen molar-refractivity contribution in [3.8, 4) is 28.8 Å². The predicted octanol–water partition coefficient (Wildman–Crippen LogP) is 5.60. The van der Waals surface area contributed by atoms with Gasteiger partial charge >= 0.3 is 0 Å². The zero-order valence-electron chi connectivity index (χ0n) is 21.8. The summed E-state index contributed by atoms with van der Waals surface area (Å²) in [7, 11) is 2.99. The summed E-state index contributed by atoms with van der Waals surface area (Å²) in [6.07, 6.45) is 2.44. The number of Topliss-reactive ketones (excluding diaryl/α,β-unsaturated/α-hetero) is 1. The van der Waals surface area contributed by atoms with Gasteiger partial charge in [-0.1, -0.05) is 12.1 Å². The molecule has 0 atom stereocenters. The molecule has 5 aromatic rings. The number of hydrogen-bond donors (Lipinski definition) is 0. The average molecular weight is 544 g/mol. The molecule has 0 aliphatic rings. The first-order chi connectivity index (χ1) is 19.3. The number of methoxy groups -OCH3 is 2. The number of pyridine rings is 3. The molecule has 0 saturated carbocycles. The maximum Gasteiger partial charge on any atom is 0.266 e. The number of rotatable bonds is 8. The number of benzene rings is 2. The topological polar surface area (TPSA) is 92.5 Å². The van der Waals surface area contributed by atoms with Crippen LogP contribution in [0.1, 0.15) is 21.5 Å². The number of ketones is 1. The standard InChI is InChI=1S/C30H23F2N3O5/c1-17-22(32)16-35(20-8-6-19(31)7-9-20)30(37)27(17)24(36)14-18-4-10-21(11-5-18)40-25-12-13-33-23-15-26(38-2)29(39-3)34-28(23)25/h4-13,15-16H,14H2,1-3H3. The summed E-state index contributed by atoms with van der Waals surface area (Å²) in [5, 5.41) is 0. The van der Waals surface area contributed by atoms with Gasteiger partial charge in [0, 0.05) is 42.2 Å². The third kappa shape index (κ3) is 5.11. The van der Waals surface area contributed by atoms with E-state index in [1.807, 2.05) is 0 Å². The molecule has 0 aliphatic heterocycles. The van der Waals surface area contributed by atoms with Gasteiger partial charge in [0.2, 0.25) is 0 Å². The molecule has 0 bridgehead atoms. The van der Waals surface area contributed by atoms with Crippen molar-refractivity contribution in [1.29, 1.82) is 0 Å². The lowest BCUT2D eigenvalue weighted by atomic mass is 10.00. The molecule has 5 rings (SSSR count). The molecule has 0 radical (unpaired) electrons. The van der Waals surface area contributed by atoms with Gasteiger partial charge in [-0.25, -0.2) is 13.8 Å². The highest BCUT2D eigenvalue weighted by molar-refractivity contribution is 5.98. The van der Waals surface area contributed by atoms with Crippen molar-refractivity contribution in [1.82, 2.24) is 14.5 Å². The van der Waals surface area contributed by atoms with Gasteiger partial charge in [0.15, 0.2) is 17.3 Å².